The van der Waals surface area contributed by atoms with Crippen LogP contribution in [0.1, 0.15) is 22.5 Å². The zero-order valence-electron chi connectivity index (χ0n) is 11.4. The summed E-state index contributed by atoms with van der Waals surface area (Å²) in [6.45, 7) is 1.86. The summed E-state index contributed by atoms with van der Waals surface area (Å²) in [6.07, 6.45) is 2.12. The number of likely N-dealkylation sites (tertiary alicyclic amines) is 1. The van der Waals surface area contributed by atoms with E-state index < -0.39 is 5.97 Å². The second-order valence-corrected chi connectivity index (χ2v) is 5.89. The minimum atomic E-state index is -0.516. The molecule has 0 aromatic carbocycles. The van der Waals surface area contributed by atoms with Gasteiger partial charge >= 0.3 is 5.97 Å². The molecule has 0 spiro atoms. The zero-order chi connectivity index (χ0) is 14.7. The molecule has 8 heteroatoms. The van der Waals surface area contributed by atoms with Crippen LogP contribution in [-0.2, 0) is 9.53 Å². The molecule has 6 nitrogen and oxygen atoms in total. The Labute approximate surface area is 126 Å². The highest BCUT2D eigenvalue weighted by Crippen LogP contribution is 2.29. The van der Waals surface area contributed by atoms with Crippen LogP contribution < -0.4 is 4.90 Å². The Hall–Kier alpha value is -1.34. The molecule has 1 amide bonds. The van der Waals surface area contributed by atoms with Gasteiger partial charge in [0.15, 0.2) is 15.2 Å². The molecule has 0 N–H and O–H groups in total. The largest absolute Gasteiger partial charge is 0.465 e. The van der Waals surface area contributed by atoms with Crippen LogP contribution >= 0.6 is 22.9 Å². The number of thiazole rings is 1. The van der Waals surface area contributed by atoms with Crippen molar-refractivity contribution in [2.45, 2.75) is 12.8 Å². The highest BCUT2D eigenvalue weighted by molar-refractivity contribution is 7.18. The first-order valence-electron chi connectivity index (χ1n) is 6.26. The number of halogens is 1. The molecule has 110 valence electrons. The van der Waals surface area contributed by atoms with Crippen molar-refractivity contribution in [2.75, 3.05) is 38.7 Å². The van der Waals surface area contributed by atoms with Crippen LogP contribution in [0.4, 0.5) is 5.13 Å². The maximum atomic E-state index is 12.0. The van der Waals surface area contributed by atoms with Gasteiger partial charge in [-0.15, -0.1) is 0 Å². The molecule has 1 aliphatic heterocycles. The smallest absolute Gasteiger partial charge is 0.351 e. The number of nitrogens with zero attached hydrogens (tertiary/aromatic N) is 3. The van der Waals surface area contributed by atoms with Crippen molar-refractivity contribution in [3.8, 4) is 0 Å². The number of rotatable bonds is 4. The lowest BCUT2D eigenvalue weighted by Gasteiger charge is -2.20. The van der Waals surface area contributed by atoms with E-state index in [9.17, 15) is 9.59 Å². The molecule has 1 aliphatic rings. The fraction of sp³-hybridized carbons (Fsp3) is 0.583. The first kappa shape index (κ1) is 15.1. The first-order chi connectivity index (χ1) is 9.52. The van der Waals surface area contributed by atoms with Gasteiger partial charge in [0.25, 0.3) is 0 Å². The van der Waals surface area contributed by atoms with Crippen LogP contribution in [0.25, 0.3) is 0 Å². The molecular weight excluding hydrogens is 302 g/mol. The van der Waals surface area contributed by atoms with Crippen molar-refractivity contribution in [1.29, 1.82) is 0 Å². The number of aromatic nitrogens is 1. The molecule has 0 aliphatic carbocycles. The van der Waals surface area contributed by atoms with Gasteiger partial charge in [-0.3, -0.25) is 4.79 Å². The maximum absolute atomic E-state index is 12.0. The third-order valence-electron chi connectivity index (χ3n) is 3.10. The summed E-state index contributed by atoms with van der Waals surface area (Å²) in [5, 5.41) is 0.639. The van der Waals surface area contributed by atoms with Gasteiger partial charge in [0.05, 0.1) is 13.7 Å². The predicted octanol–water partition coefficient (Wildman–Crippen LogP) is 1.64. The lowest BCUT2D eigenvalue weighted by Crippen LogP contribution is -2.37. The first-order valence-corrected chi connectivity index (χ1v) is 7.46. The molecule has 0 atom stereocenters. The summed E-state index contributed by atoms with van der Waals surface area (Å²) in [6, 6.07) is 0. The molecule has 2 rings (SSSR count). The van der Waals surface area contributed by atoms with Crippen molar-refractivity contribution >= 4 is 39.9 Å². The maximum Gasteiger partial charge on any atom is 0.351 e. The molecule has 1 aromatic heterocycles. The number of likely N-dealkylation sites (N-methyl/N-ethyl adjacent to an activating group) is 1. The van der Waals surface area contributed by atoms with E-state index in [1.165, 1.54) is 7.11 Å². The highest BCUT2D eigenvalue weighted by Gasteiger charge is 2.23. The molecular formula is C12H16ClN3O3S. The van der Waals surface area contributed by atoms with Gasteiger partial charge in [-0.05, 0) is 12.8 Å². The molecule has 0 saturated carbocycles. The number of hydrogen-bond donors (Lipinski definition) is 0. The Morgan fingerprint density at radius 2 is 2.10 bits per heavy atom. The van der Waals surface area contributed by atoms with Gasteiger partial charge in [0, 0.05) is 20.1 Å². The molecule has 0 radical (unpaired) electrons. The summed E-state index contributed by atoms with van der Waals surface area (Å²) < 4.78 is 4.63. The summed E-state index contributed by atoms with van der Waals surface area (Å²) in [5.41, 5.74) is 0. The molecule has 2 heterocycles. The Balaban J connectivity index is 2.03. The van der Waals surface area contributed by atoms with Crippen molar-refractivity contribution in [1.82, 2.24) is 9.88 Å². The van der Waals surface area contributed by atoms with Crippen LogP contribution in [0.5, 0.6) is 0 Å². The zero-order valence-corrected chi connectivity index (χ0v) is 13.0. The van der Waals surface area contributed by atoms with Crippen LogP contribution in [-0.4, -0.2) is 55.6 Å². The summed E-state index contributed by atoms with van der Waals surface area (Å²) in [7, 11) is 3.04. The van der Waals surface area contributed by atoms with Crippen LogP contribution in [0, 0.1) is 0 Å². The van der Waals surface area contributed by atoms with Gasteiger partial charge in [0.2, 0.25) is 5.91 Å². The van der Waals surface area contributed by atoms with Crippen molar-refractivity contribution in [3.05, 3.63) is 10.0 Å². The van der Waals surface area contributed by atoms with Gasteiger partial charge in [-0.1, -0.05) is 22.9 Å². The lowest BCUT2D eigenvalue weighted by atomic mass is 10.4. The Bertz CT molecular complexity index is 514. The van der Waals surface area contributed by atoms with Crippen molar-refractivity contribution in [3.63, 3.8) is 0 Å². The lowest BCUT2D eigenvalue weighted by molar-refractivity contribution is -0.128. The number of hydrogen-bond acceptors (Lipinski definition) is 6. The Morgan fingerprint density at radius 3 is 2.70 bits per heavy atom. The third-order valence-corrected chi connectivity index (χ3v) is 4.64. The molecule has 1 saturated heterocycles. The van der Waals surface area contributed by atoms with E-state index in [2.05, 4.69) is 9.72 Å². The number of carbonyl (C=O) groups is 2. The van der Waals surface area contributed by atoms with Gasteiger partial charge in [-0.2, -0.15) is 0 Å². The van der Waals surface area contributed by atoms with Gasteiger partial charge in [0.1, 0.15) is 0 Å². The summed E-state index contributed by atoms with van der Waals surface area (Å²) in [4.78, 5) is 31.4. The molecule has 1 aromatic rings. The van der Waals surface area contributed by atoms with E-state index in [0.29, 0.717) is 5.13 Å². The average molecular weight is 318 g/mol. The van der Waals surface area contributed by atoms with E-state index in [0.717, 1.165) is 37.3 Å². The predicted molar refractivity (Wildman–Crippen MR) is 77.5 cm³/mol. The third kappa shape index (κ3) is 3.21. The van der Waals surface area contributed by atoms with Crippen molar-refractivity contribution in [2.24, 2.45) is 0 Å². The van der Waals surface area contributed by atoms with E-state index in [1.54, 1.807) is 11.9 Å². The minimum Gasteiger partial charge on any atom is -0.465 e. The Kier molecular flexibility index (Phi) is 4.82. The average Bonchev–Trinajstić information content (AvgIpc) is 3.06. The molecule has 1 fully saturated rings. The molecule has 20 heavy (non-hydrogen) atoms. The van der Waals surface area contributed by atoms with E-state index in [-0.39, 0.29) is 22.5 Å². The van der Waals surface area contributed by atoms with E-state index >= 15 is 0 Å². The SMILES string of the molecule is COC(=O)c1sc(N(C)CC(=O)N2CCCC2)nc1Cl. The summed E-state index contributed by atoms with van der Waals surface area (Å²) >= 11 is 7.03. The quantitative estimate of drug-likeness (QED) is 0.790. The van der Waals surface area contributed by atoms with Crippen LogP contribution in [0.2, 0.25) is 5.15 Å². The normalized spacial score (nSPS) is 14.4. The second kappa shape index (κ2) is 6.41. The van der Waals surface area contributed by atoms with Crippen LogP contribution in [0.15, 0.2) is 0 Å². The minimum absolute atomic E-state index is 0.0657. The highest BCUT2D eigenvalue weighted by atomic mass is 35.5. The van der Waals surface area contributed by atoms with E-state index in [1.807, 2.05) is 4.90 Å². The fourth-order valence-electron chi connectivity index (χ4n) is 2.01. The number of methoxy groups -OCH3 is 1. The van der Waals surface area contributed by atoms with E-state index in [4.69, 9.17) is 11.6 Å². The van der Waals surface area contributed by atoms with Gasteiger partial charge in [-0.25, -0.2) is 9.78 Å². The Morgan fingerprint density at radius 1 is 1.45 bits per heavy atom. The number of esters is 1. The van der Waals surface area contributed by atoms with Gasteiger partial charge < -0.3 is 14.5 Å². The van der Waals surface area contributed by atoms with Crippen molar-refractivity contribution < 1.29 is 14.3 Å². The number of ether oxygens (including phenoxy) is 1. The number of anilines is 1. The number of amides is 1. The molecule has 0 bridgehead atoms. The number of carbonyl (C=O) groups excluding carboxylic acids is 2. The fourth-order valence-corrected chi connectivity index (χ4v) is 3.17. The summed E-state index contributed by atoms with van der Waals surface area (Å²) in [5.74, 6) is -0.450. The van der Waals surface area contributed by atoms with Crippen LogP contribution in [0.3, 0.4) is 0 Å². The standard InChI is InChI=1S/C12H16ClN3O3S/c1-15(7-8(17)16-5-3-4-6-16)12-14-10(13)9(20-12)11(18)19-2/h3-7H2,1-2H3. The topological polar surface area (TPSA) is 62.7 Å². The second-order valence-electron chi connectivity index (χ2n) is 4.55. The monoisotopic (exact) mass is 317 g/mol. The molecule has 0 unspecified atom stereocenters.